The monoisotopic (exact) mass is 334 g/mol. The van der Waals surface area contributed by atoms with Gasteiger partial charge in [-0.05, 0) is 19.4 Å². The minimum atomic E-state index is -1.79. The molecular weight excluding hydrogens is 316 g/mol. The largest absolute Gasteiger partial charge is 0.478 e. The molecule has 6 nitrogen and oxygen atoms in total. The van der Waals surface area contributed by atoms with Gasteiger partial charge in [-0.3, -0.25) is 20.2 Å². The molecule has 1 amide bonds. The summed E-state index contributed by atoms with van der Waals surface area (Å²) in [5, 5.41) is 8.99. The topological polar surface area (TPSA) is 101 Å². The lowest BCUT2D eigenvalue weighted by Crippen LogP contribution is -2.75. The van der Waals surface area contributed by atoms with Gasteiger partial charge in [-0.15, -0.1) is 11.8 Å². The van der Waals surface area contributed by atoms with Gasteiger partial charge in [-0.2, -0.15) is 0 Å². The molecule has 0 aromatic heterocycles. The highest BCUT2D eigenvalue weighted by Crippen LogP contribution is 2.56. The van der Waals surface area contributed by atoms with Gasteiger partial charge < -0.3 is 5.11 Å². The summed E-state index contributed by atoms with van der Waals surface area (Å²) in [6, 6.07) is 9.18. The van der Waals surface area contributed by atoms with Gasteiger partial charge in [0.25, 0.3) is 0 Å². The molecule has 0 aliphatic carbocycles. The van der Waals surface area contributed by atoms with Crippen LogP contribution in [0.25, 0.3) is 0 Å². The number of hydrogen-bond donors (Lipinski definition) is 2. The average Bonchev–Trinajstić information content (AvgIpc) is 2.65. The van der Waals surface area contributed by atoms with E-state index in [-0.39, 0.29) is 12.2 Å². The maximum absolute atomic E-state index is 12.5. The van der Waals surface area contributed by atoms with Crippen LogP contribution < -0.4 is 5.73 Å². The Bertz CT molecular complexity index is 691. The Labute approximate surface area is 138 Å². The van der Waals surface area contributed by atoms with Crippen LogP contribution in [0.1, 0.15) is 19.4 Å². The number of carboxylic acids is 1. The third-order valence-corrected chi connectivity index (χ3v) is 6.28. The Morgan fingerprint density at radius 1 is 1.30 bits per heavy atom. The van der Waals surface area contributed by atoms with Crippen molar-refractivity contribution in [1.29, 1.82) is 0 Å². The van der Waals surface area contributed by atoms with Crippen molar-refractivity contribution in [3.63, 3.8) is 0 Å². The molecule has 0 bridgehead atoms. The Kier molecular flexibility index (Phi) is 3.53. The van der Waals surface area contributed by atoms with Crippen molar-refractivity contribution in [3.05, 3.63) is 35.9 Å². The maximum Gasteiger partial charge on any atom is 0.346 e. The van der Waals surface area contributed by atoms with E-state index < -0.39 is 33.6 Å². The van der Waals surface area contributed by atoms with Crippen LogP contribution in [0, 0.1) is 5.92 Å². The van der Waals surface area contributed by atoms with Crippen molar-refractivity contribution in [2.45, 2.75) is 36.1 Å². The van der Waals surface area contributed by atoms with E-state index in [4.69, 9.17) is 5.73 Å². The zero-order chi connectivity index (χ0) is 17.0. The standard InChI is InChI=1S/C16H18N2O4S/c1-15(2)16(17,14(21)22)18-12(20)11(13(18)23-15)10(19)8-9-6-4-3-5-7-9/h3-7,11,13H,8,17H2,1-2H3,(H,21,22). The Balaban J connectivity index is 1.83. The molecule has 23 heavy (non-hydrogen) atoms. The molecule has 3 N–H and O–H groups in total. The first-order chi connectivity index (χ1) is 10.7. The van der Waals surface area contributed by atoms with Crippen molar-refractivity contribution in [2.24, 2.45) is 11.7 Å². The van der Waals surface area contributed by atoms with E-state index in [1.165, 1.54) is 11.8 Å². The Hall–Kier alpha value is -1.86. The number of amides is 1. The number of carbonyl (C=O) groups is 3. The van der Waals surface area contributed by atoms with Crippen molar-refractivity contribution in [1.82, 2.24) is 4.90 Å². The van der Waals surface area contributed by atoms with E-state index in [0.717, 1.165) is 10.5 Å². The number of rotatable bonds is 4. The molecule has 2 saturated heterocycles. The summed E-state index contributed by atoms with van der Waals surface area (Å²) >= 11 is 1.28. The van der Waals surface area contributed by atoms with Crippen molar-refractivity contribution >= 4 is 29.4 Å². The molecule has 0 spiro atoms. The number of benzene rings is 1. The van der Waals surface area contributed by atoms with Gasteiger partial charge in [0.1, 0.15) is 5.92 Å². The third kappa shape index (κ3) is 2.10. The van der Waals surface area contributed by atoms with Crippen LogP contribution in [0.15, 0.2) is 30.3 Å². The Morgan fingerprint density at radius 2 is 1.91 bits per heavy atom. The summed E-state index contributed by atoms with van der Waals surface area (Å²) in [5.41, 5.74) is 5.09. The van der Waals surface area contributed by atoms with Gasteiger partial charge in [-0.1, -0.05) is 30.3 Å². The van der Waals surface area contributed by atoms with Crippen LogP contribution in [-0.4, -0.2) is 43.4 Å². The Morgan fingerprint density at radius 3 is 2.48 bits per heavy atom. The minimum absolute atomic E-state index is 0.160. The van der Waals surface area contributed by atoms with Gasteiger partial charge in [0.2, 0.25) is 11.6 Å². The van der Waals surface area contributed by atoms with Gasteiger partial charge in [-0.25, -0.2) is 4.79 Å². The first-order valence-corrected chi connectivity index (χ1v) is 8.18. The van der Waals surface area contributed by atoms with E-state index in [1.54, 1.807) is 13.8 Å². The highest BCUT2D eigenvalue weighted by Gasteiger charge is 2.72. The van der Waals surface area contributed by atoms with E-state index in [9.17, 15) is 19.5 Å². The number of Topliss-reactive ketones (excluding diaryl/α,β-unsaturated/α-hetero) is 1. The van der Waals surface area contributed by atoms with Crippen LogP contribution in [0.4, 0.5) is 0 Å². The van der Waals surface area contributed by atoms with Crippen LogP contribution in [-0.2, 0) is 20.8 Å². The SMILES string of the molecule is CC1(C)SC2C(C(=O)Cc3ccccc3)C(=O)N2C1(N)C(=O)O. The molecule has 3 atom stereocenters. The summed E-state index contributed by atoms with van der Waals surface area (Å²) in [4.78, 5) is 37.7. The summed E-state index contributed by atoms with van der Waals surface area (Å²) < 4.78 is -0.874. The third-order valence-electron chi connectivity index (χ3n) is 4.65. The van der Waals surface area contributed by atoms with E-state index in [2.05, 4.69) is 0 Å². The molecular formula is C16H18N2O4S. The fourth-order valence-electron chi connectivity index (χ4n) is 3.21. The first-order valence-electron chi connectivity index (χ1n) is 7.30. The number of thioether (sulfide) groups is 1. The normalized spacial score (nSPS) is 31.4. The summed E-state index contributed by atoms with van der Waals surface area (Å²) in [5.74, 6) is -2.75. The van der Waals surface area contributed by atoms with E-state index >= 15 is 0 Å². The summed E-state index contributed by atoms with van der Waals surface area (Å²) in [7, 11) is 0. The summed E-state index contributed by atoms with van der Waals surface area (Å²) in [6.07, 6.45) is 0.160. The average molecular weight is 334 g/mol. The molecule has 7 heteroatoms. The molecule has 2 fully saturated rings. The number of aliphatic carboxylic acids is 1. The fraction of sp³-hybridized carbons (Fsp3) is 0.438. The number of carboxylic acid groups (broad SMARTS) is 1. The quantitative estimate of drug-likeness (QED) is 0.625. The molecule has 0 saturated carbocycles. The number of carbonyl (C=O) groups excluding carboxylic acids is 2. The van der Waals surface area contributed by atoms with Gasteiger partial charge in [0, 0.05) is 6.42 Å². The number of hydrogen-bond acceptors (Lipinski definition) is 5. The second-order valence-corrected chi connectivity index (χ2v) is 8.14. The van der Waals surface area contributed by atoms with Crippen molar-refractivity contribution in [3.8, 4) is 0 Å². The first kappa shape index (κ1) is 16.0. The molecule has 2 heterocycles. The van der Waals surface area contributed by atoms with Gasteiger partial charge >= 0.3 is 5.97 Å². The van der Waals surface area contributed by atoms with Crippen LogP contribution >= 0.6 is 11.8 Å². The number of fused-ring (bicyclic) bond motifs is 1. The predicted octanol–water partition coefficient (Wildman–Crippen LogP) is 0.848. The minimum Gasteiger partial charge on any atom is -0.478 e. The summed E-state index contributed by atoms with van der Waals surface area (Å²) in [6.45, 7) is 3.38. The highest BCUT2D eigenvalue weighted by molar-refractivity contribution is 8.01. The molecule has 3 unspecified atom stereocenters. The van der Waals surface area contributed by atoms with Crippen LogP contribution in [0.3, 0.4) is 0 Å². The zero-order valence-electron chi connectivity index (χ0n) is 12.9. The lowest BCUT2D eigenvalue weighted by molar-refractivity contribution is -0.175. The molecule has 2 aliphatic heterocycles. The van der Waals surface area contributed by atoms with E-state index in [0.29, 0.717) is 0 Å². The second-order valence-electron chi connectivity index (χ2n) is 6.40. The number of nitrogens with two attached hydrogens (primary N) is 1. The number of ketones is 1. The molecule has 0 radical (unpaired) electrons. The fourth-order valence-corrected chi connectivity index (χ4v) is 4.95. The smallest absolute Gasteiger partial charge is 0.346 e. The number of β-lactam (4-membered cyclic amide) rings is 1. The molecule has 3 rings (SSSR count). The van der Waals surface area contributed by atoms with Gasteiger partial charge in [0.15, 0.2) is 5.78 Å². The molecule has 122 valence electrons. The van der Waals surface area contributed by atoms with Gasteiger partial charge in [0.05, 0.1) is 10.1 Å². The van der Waals surface area contributed by atoms with Crippen LogP contribution in [0.2, 0.25) is 0 Å². The van der Waals surface area contributed by atoms with Crippen molar-refractivity contribution in [2.75, 3.05) is 0 Å². The van der Waals surface area contributed by atoms with Crippen molar-refractivity contribution < 1.29 is 19.5 Å². The predicted molar refractivity (Wildman–Crippen MR) is 85.5 cm³/mol. The second kappa shape index (κ2) is 5.07. The highest BCUT2D eigenvalue weighted by atomic mass is 32.2. The maximum atomic E-state index is 12.5. The van der Waals surface area contributed by atoms with E-state index in [1.807, 2.05) is 30.3 Å². The lowest BCUT2D eigenvalue weighted by Gasteiger charge is -2.47. The molecule has 1 aromatic rings. The number of nitrogens with zero attached hydrogens (tertiary/aromatic N) is 1. The zero-order valence-corrected chi connectivity index (χ0v) is 13.7. The van der Waals surface area contributed by atoms with Crippen LogP contribution in [0.5, 0.6) is 0 Å². The lowest BCUT2D eigenvalue weighted by atomic mass is 9.84. The molecule has 1 aromatic carbocycles. The molecule has 2 aliphatic rings.